The number of aromatic nitrogens is 1. The Balaban J connectivity index is 1.53. The molecule has 0 saturated heterocycles. The van der Waals surface area contributed by atoms with Crippen LogP contribution in [0.5, 0.6) is 5.75 Å². The summed E-state index contributed by atoms with van der Waals surface area (Å²) in [4.78, 5) is 18.1. The molecule has 1 N–H and O–H groups in total. The van der Waals surface area contributed by atoms with Gasteiger partial charge in [0.15, 0.2) is 0 Å². The number of rotatable bonds is 8. The van der Waals surface area contributed by atoms with E-state index in [9.17, 15) is 4.79 Å². The van der Waals surface area contributed by atoms with Crippen molar-refractivity contribution in [2.24, 2.45) is 0 Å². The number of amides is 1. The van der Waals surface area contributed by atoms with E-state index in [1.807, 2.05) is 61.5 Å². The minimum Gasteiger partial charge on any atom is -0.497 e. The summed E-state index contributed by atoms with van der Waals surface area (Å²) in [5.41, 5.74) is 5.52. The number of carbonyl (C=O) groups excluding carboxylic acids is 1. The second-order valence-electron chi connectivity index (χ2n) is 7.90. The number of aryl methyl sites for hydroxylation is 1. The number of hydrogen-bond donors (Lipinski definition) is 1. The molecule has 1 aromatic heterocycles. The highest BCUT2D eigenvalue weighted by atomic mass is 16.5. The fourth-order valence-corrected chi connectivity index (χ4v) is 4.02. The van der Waals surface area contributed by atoms with Crippen molar-refractivity contribution >= 4 is 16.8 Å². The van der Waals surface area contributed by atoms with Gasteiger partial charge in [0.05, 0.1) is 23.9 Å². The number of nitrogens with zero attached hydrogens (tertiary/aromatic N) is 1. The number of para-hydroxylation sites is 1. The molecular weight excluding hydrogens is 396 g/mol. The molecule has 0 unspecified atom stereocenters. The van der Waals surface area contributed by atoms with Gasteiger partial charge in [0, 0.05) is 17.5 Å². The first kappa shape index (κ1) is 21.6. The molecule has 4 aromatic rings. The smallest absolute Gasteiger partial charge is 0.252 e. The molecule has 4 rings (SSSR count). The number of nitrogens with one attached hydrogen (secondary N) is 1. The van der Waals surface area contributed by atoms with Gasteiger partial charge in [-0.15, -0.1) is 0 Å². The van der Waals surface area contributed by atoms with Crippen molar-refractivity contribution in [1.29, 1.82) is 0 Å². The minimum atomic E-state index is -0.0458. The lowest BCUT2D eigenvalue weighted by molar-refractivity contribution is 0.0954. The summed E-state index contributed by atoms with van der Waals surface area (Å²) >= 11 is 0. The molecule has 0 saturated carbocycles. The van der Waals surface area contributed by atoms with Gasteiger partial charge in [0.25, 0.3) is 5.91 Å². The summed E-state index contributed by atoms with van der Waals surface area (Å²) in [6.07, 6.45) is 3.00. The van der Waals surface area contributed by atoms with Gasteiger partial charge in [-0.1, -0.05) is 48.5 Å². The van der Waals surface area contributed by atoms with Crippen LogP contribution in [0.15, 0.2) is 78.9 Å². The molecule has 4 heteroatoms. The molecule has 0 aliphatic carbocycles. The molecule has 162 valence electrons. The minimum absolute atomic E-state index is 0.0458. The Bertz CT molecular complexity index is 1200. The maximum absolute atomic E-state index is 13.2. The highest BCUT2D eigenvalue weighted by Crippen LogP contribution is 2.30. The molecule has 4 nitrogen and oxygen atoms in total. The Morgan fingerprint density at radius 2 is 1.62 bits per heavy atom. The average Bonchev–Trinajstić information content (AvgIpc) is 2.84. The van der Waals surface area contributed by atoms with Gasteiger partial charge in [-0.05, 0) is 67.6 Å². The third-order valence-corrected chi connectivity index (χ3v) is 5.75. The Morgan fingerprint density at radius 1 is 0.906 bits per heavy atom. The Morgan fingerprint density at radius 3 is 2.38 bits per heavy atom. The van der Waals surface area contributed by atoms with Crippen LogP contribution in [0.1, 0.15) is 34.3 Å². The van der Waals surface area contributed by atoms with Gasteiger partial charge >= 0.3 is 0 Å². The standard InChI is InChI=1S/C28H28N2O2/c1-20-26(28(31)29-19-9-8-12-21-10-4-3-5-11-21)24-13-6-7-14-25(24)30-27(20)22-15-17-23(32-2)18-16-22/h3-7,10-11,13-18H,8-9,12,19H2,1-2H3,(H,29,31). The van der Waals surface area contributed by atoms with E-state index in [1.54, 1.807) is 7.11 Å². The quantitative estimate of drug-likeness (QED) is 0.355. The topological polar surface area (TPSA) is 51.2 Å². The summed E-state index contributed by atoms with van der Waals surface area (Å²) in [6.45, 7) is 2.63. The number of benzene rings is 3. The summed E-state index contributed by atoms with van der Waals surface area (Å²) in [7, 11) is 1.65. The number of methoxy groups -OCH3 is 1. The van der Waals surface area contributed by atoms with Crippen LogP contribution in [0.25, 0.3) is 22.2 Å². The van der Waals surface area contributed by atoms with Crippen molar-refractivity contribution in [2.45, 2.75) is 26.2 Å². The Hall–Kier alpha value is -3.66. The molecule has 0 fully saturated rings. The summed E-state index contributed by atoms with van der Waals surface area (Å²) in [6, 6.07) is 26.1. The van der Waals surface area contributed by atoms with Crippen molar-refractivity contribution in [1.82, 2.24) is 10.3 Å². The predicted octanol–water partition coefficient (Wildman–Crippen LogP) is 5.97. The van der Waals surface area contributed by atoms with Crippen LogP contribution in [0.3, 0.4) is 0 Å². The largest absolute Gasteiger partial charge is 0.497 e. The van der Waals surface area contributed by atoms with Crippen LogP contribution >= 0.6 is 0 Å². The lowest BCUT2D eigenvalue weighted by Crippen LogP contribution is -2.26. The van der Waals surface area contributed by atoms with Gasteiger partial charge in [-0.2, -0.15) is 0 Å². The molecular formula is C28H28N2O2. The third-order valence-electron chi connectivity index (χ3n) is 5.75. The van der Waals surface area contributed by atoms with Crippen LogP contribution in [-0.4, -0.2) is 24.5 Å². The molecule has 32 heavy (non-hydrogen) atoms. The number of hydrogen-bond acceptors (Lipinski definition) is 3. The van der Waals surface area contributed by atoms with Gasteiger partial charge < -0.3 is 10.1 Å². The summed E-state index contributed by atoms with van der Waals surface area (Å²) < 4.78 is 5.28. The molecule has 0 aliphatic rings. The van der Waals surface area contributed by atoms with E-state index in [2.05, 4.69) is 29.6 Å². The van der Waals surface area contributed by atoms with E-state index in [0.717, 1.165) is 52.7 Å². The molecule has 0 atom stereocenters. The highest BCUT2D eigenvalue weighted by Gasteiger charge is 2.18. The fourth-order valence-electron chi connectivity index (χ4n) is 4.02. The summed E-state index contributed by atoms with van der Waals surface area (Å²) in [5, 5.41) is 4.01. The third kappa shape index (κ3) is 4.80. The van der Waals surface area contributed by atoms with Crippen molar-refractivity contribution in [3.63, 3.8) is 0 Å². The van der Waals surface area contributed by atoms with Crippen LogP contribution in [0.2, 0.25) is 0 Å². The second-order valence-corrected chi connectivity index (χ2v) is 7.90. The Labute approximate surface area is 189 Å². The lowest BCUT2D eigenvalue weighted by atomic mass is 9.97. The van der Waals surface area contributed by atoms with E-state index in [0.29, 0.717) is 12.1 Å². The van der Waals surface area contributed by atoms with E-state index in [-0.39, 0.29) is 5.91 Å². The fraction of sp³-hybridized carbons (Fsp3) is 0.214. The number of carbonyl (C=O) groups is 1. The zero-order valence-corrected chi connectivity index (χ0v) is 18.6. The normalized spacial score (nSPS) is 10.8. The van der Waals surface area contributed by atoms with Crippen molar-refractivity contribution in [2.75, 3.05) is 13.7 Å². The second kappa shape index (κ2) is 10.1. The first-order valence-electron chi connectivity index (χ1n) is 11.0. The van der Waals surface area contributed by atoms with Gasteiger partial charge in [0.2, 0.25) is 0 Å². The molecule has 3 aromatic carbocycles. The van der Waals surface area contributed by atoms with Gasteiger partial charge in [-0.25, -0.2) is 4.98 Å². The molecule has 1 amide bonds. The van der Waals surface area contributed by atoms with Gasteiger partial charge in [0.1, 0.15) is 5.75 Å². The Kier molecular flexibility index (Phi) is 6.81. The van der Waals surface area contributed by atoms with Crippen molar-refractivity contribution < 1.29 is 9.53 Å². The van der Waals surface area contributed by atoms with E-state index in [1.165, 1.54) is 5.56 Å². The van der Waals surface area contributed by atoms with E-state index < -0.39 is 0 Å². The number of ether oxygens (including phenoxy) is 1. The lowest BCUT2D eigenvalue weighted by Gasteiger charge is -2.15. The molecule has 0 radical (unpaired) electrons. The molecule has 0 aliphatic heterocycles. The first-order valence-corrected chi connectivity index (χ1v) is 11.0. The van der Waals surface area contributed by atoms with Crippen LogP contribution in [0, 0.1) is 6.92 Å². The molecule has 0 bridgehead atoms. The van der Waals surface area contributed by atoms with Crippen molar-refractivity contribution in [3.05, 3.63) is 95.6 Å². The van der Waals surface area contributed by atoms with Crippen molar-refractivity contribution in [3.8, 4) is 17.0 Å². The van der Waals surface area contributed by atoms with E-state index >= 15 is 0 Å². The zero-order chi connectivity index (χ0) is 22.3. The zero-order valence-electron chi connectivity index (χ0n) is 18.6. The molecule has 1 heterocycles. The maximum Gasteiger partial charge on any atom is 0.252 e. The van der Waals surface area contributed by atoms with Crippen LogP contribution in [-0.2, 0) is 6.42 Å². The highest BCUT2D eigenvalue weighted by molar-refractivity contribution is 6.08. The monoisotopic (exact) mass is 424 g/mol. The van der Waals surface area contributed by atoms with Crippen LogP contribution < -0.4 is 10.1 Å². The summed E-state index contributed by atoms with van der Waals surface area (Å²) in [5.74, 6) is 0.747. The number of fused-ring (bicyclic) bond motifs is 1. The molecule has 0 spiro atoms. The number of pyridine rings is 1. The predicted molar refractivity (Wildman–Crippen MR) is 130 cm³/mol. The maximum atomic E-state index is 13.2. The number of unbranched alkanes of at least 4 members (excludes halogenated alkanes) is 1. The average molecular weight is 425 g/mol. The van der Waals surface area contributed by atoms with E-state index in [4.69, 9.17) is 9.72 Å². The SMILES string of the molecule is COc1ccc(-c2nc3ccccc3c(C(=O)NCCCCc3ccccc3)c2C)cc1. The van der Waals surface area contributed by atoms with Gasteiger partial charge in [-0.3, -0.25) is 4.79 Å². The first-order chi connectivity index (χ1) is 15.7. The van der Waals surface area contributed by atoms with Crippen LogP contribution in [0.4, 0.5) is 0 Å².